The third-order valence-electron chi connectivity index (χ3n) is 3.25. The molecular formula is C17H19NO2S. The van der Waals surface area contributed by atoms with Crippen molar-refractivity contribution >= 4 is 17.2 Å². The first-order valence-electron chi connectivity index (χ1n) is 6.77. The van der Waals surface area contributed by atoms with Gasteiger partial charge in [0.05, 0.1) is 0 Å². The number of hydrogen-bond donors (Lipinski definition) is 1. The van der Waals surface area contributed by atoms with Crippen LogP contribution in [0, 0.1) is 13.8 Å². The van der Waals surface area contributed by atoms with Crippen molar-refractivity contribution in [3.8, 4) is 17.2 Å². The summed E-state index contributed by atoms with van der Waals surface area (Å²) in [6.07, 6.45) is -0.286. The molecule has 110 valence electrons. The Morgan fingerprint density at radius 2 is 1.52 bits per heavy atom. The number of aryl methyl sites for hydroxylation is 2. The van der Waals surface area contributed by atoms with Gasteiger partial charge in [-0.2, -0.15) is 0 Å². The van der Waals surface area contributed by atoms with Gasteiger partial charge in [-0.05, 0) is 68.3 Å². The van der Waals surface area contributed by atoms with Gasteiger partial charge in [0.2, 0.25) is 0 Å². The molecular weight excluding hydrogens is 282 g/mol. The van der Waals surface area contributed by atoms with Crippen LogP contribution in [0.2, 0.25) is 0 Å². The van der Waals surface area contributed by atoms with Crippen LogP contribution >= 0.6 is 12.2 Å². The number of ether oxygens (including phenoxy) is 2. The lowest BCUT2D eigenvalue weighted by molar-refractivity contribution is 0.288. The summed E-state index contributed by atoms with van der Waals surface area (Å²) < 4.78 is 11.4. The second kappa shape index (κ2) is 6.59. The van der Waals surface area contributed by atoms with Gasteiger partial charge in [-0.25, -0.2) is 0 Å². The van der Waals surface area contributed by atoms with Crippen LogP contribution in [0.5, 0.6) is 17.2 Å². The van der Waals surface area contributed by atoms with Crippen molar-refractivity contribution in [3.63, 3.8) is 0 Å². The molecule has 2 aromatic rings. The highest BCUT2D eigenvalue weighted by Crippen LogP contribution is 2.25. The second-order valence-corrected chi connectivity index (χ2v) is 5.45. The van der Waals surface area contributed by atoms with Crippen LogP contribution in [0.15, 0.2) is 42.5 Å². The maximum atomic E-state index is 5.82. The highest BCUT2D eigenvalue weighted by Gasteiger charge is 2.07. The van der Waals surface area contributed by atoms with E-state index in [9.17, 15) is 0 Å². The van der Waals surface area contributed by atoms with Crippen molar-refractivity contribution in [1.82, 2.24) is 0 Å². The first kappa shape index (κ1) is 15.3. The average Bonchev–Trinajstić information content (AvgIpc) is 2.45. The summed E-state index contributed by atoms with van der Waals surface area (Å²) >= 11 is 4.88. The fraction of sp³-hybridized carbons (Fsp3) is 0.235. The van der Waals surface area contributed by atoms with Gasteiger partial charge in [0.1, 0.15) is 28.3 Å². The standard InChI is InChI=1S/C17H19NO2S/c1-11-4-5-16(10-12(11)2)20-15-8-6-14(7-9-15)19-13(3)17(18)21/h4-10,13H,1-3H3,(H2,18,21). The summed E-state index contributed by atoms with van der Waals surface area (Å²) in [4.78, 5) is 0.338. The van der Waals surface area contributed by atoms with Gasteiger partial charge in [0, 0.05) is 0 Å². The van der Waals surface area contributed by atoms with Crippen LogP contribution in [0.3, 0.4) is 0 Å². The average molecular weight is 301 g/mol. The van der Waals surface area contributed by atoms with E-state index in [0.29, 0.717) is 10.7 Å². The molecule has 2 aromatic carbocycles. The van der Waals surface area contributed by atoms with E-state index < -0.39 is 0 Å². The normalized spacial score (nSPS) is 11.8. The van der Waals surface area contributed by atoms with Crippen LogP contribution in [0.25, 0.3) is 0 Å². The molecule has 0 aliphatic heterocycles. The highest BCUT2D eigenvalue weighted by molar-refractivity contribution is 7.80. The summed E-state index contributed by atoms with van der Waals surface area (Å²) in [5.74, 6) is 2.29. The Kier molecular flexibility index (Phi) is 4.81. The highest BCUT2D eigenvalue weighted by atomic mass is 32.1. The molecule has 0 saturated carbocycles. The second-order valence-electron chi connectivity index (χ2n) is 4.98. The summed E-state index contributed by atoms with van der Waals surface area (Å²) in [7, 11) is 0. The largest absolute Gasteiger partial charge is 0.484 e. The third kappa shape index (κ3) is 4.20. The third-order valence-corrected chi connectivity index (χ3v) is 3.58. The monoisotopic (exact) mass is 301 g/mol. The van der Waals surface area contributed by atoms with Crippen molar-refractivity contribution in [2.24, 2.45) is 5.73 Å². The number of thiocarbonyl (C=S) groups is 1. The Morgan fingerprint density at radius 1 is 0.952 bits per heavy atom. The summed E-state index contributed by atoms with van der Waals surface area (Å²) in [6.45, 7) is 5.96. The van der Waals surface area contributed by atoms with E-state index in [4.69, 9.17) is 27.4 Å². The van der Waals surface area contributed by atoms with Crippen LogP contribution in [0.4, 0.5) is 0 Å². The molecule has 0 aliphatic rings. The fourth-order valence-corrected chi connectivity index (χ4v) is 1.81. The van der Waals surface area contributed by atoms with Crippen molar-refractivity contribution < 1.29 is 9.47 Å². The molecule has 0 fully saturated rings. The van der Waals surface area contributed by atoms with E-state index >= 15 is 0 Å². The van der Waals surface area contributed by atoms with Crippen molar-refractivity contribution in [3.05, 3.63) is 53.6 Å². The minimum Gasteiger partial charge on any atom is -0.484 e. The van der Waals surface area contributed by atoms with Gasteiger partial charge in [0.15, 0.2) is 0 Å². The zero-order chi connectivity index (χ0) is 15.4. The predicted molar refractivity (Wildman–Crippen MR) is 89.3 cm³/mol. The minimum atomic E-state index is -0.286. The lowest BCUT2D eigenvalue weighted by atomic mass is 10.1. The Balaban J connectivity index is 2.05. The van der Waals surface area contributed by atoms with Crippen molar-refractivity contribution in [1.29, 1.82) is 0 Å². The number of rotatable bonds is 5. The predicted octanol–water partition coefficient (Wildman–Crippen LogP) is 4.15. The molecule has 0 saturated heterocycles. The molecule has 1 atom stereocenters. The van der Waals surface area contributed by atoms with Gasteiger partial charge in [0.25, 0.3) is 0 Å². The van der Waals surface area contributed by atoms with Gasteiger partial charge >= 0.3 is 0 Å². The van der Waals surface area contributed by atoms with Gasteiger partial charge < -0.3 is 15.2 Å². The molecule has 21 heavy (non-hydrogen) atoms. The van der Waals surface area contributed by atoms with E-state index in [0.717, 1.165) is 11.5 Å². The lowest BCUT2D eigenvalue weighted by Gasteiger charge is -2.13. The van der Waals surface area contributed by atoms with E-state index in [2.05, 4.69) is 13.8 Å². The Bertz CT molecular complexity index is 638. The zero-order valence-corrected chi connectivity index (χ0v) is 13.2. The molecule has 0 aromatic heterocycles. The van der Waals surface area contributed by atoms with Crippen molar-refractivity contribution in [2.45, 2.75) is 26.9 Å². The molecule has 0 radical (unpaired) electrons. The van der Waals surface area contributed by atoms with Gasteiger partial charge in [-0.1, -0.05) is 18.3 Å². The molecule has 0 heterocycles. The Hall–Kier alpha value is -2.07. The fourth-order valence-electron chi connectivity index (χ4n) is 1.76. The number of nitrogens with two attached hydrogens (primary N) is 1. The summed E-state index contributed by atoms with van der Waals surface area (Å²) in [5.41, 5.74) is 7.98. The Morgan fingerprint density at radius 3 is 2.10 bits per heavy atom. The maximum Gasteiger partial charge on any atom is 0.145 e. The lowest BCUT2D eigenvalue weighted by Crippen LogP contribution is -2.28. The van der Waals surface area contributed by atoms with E-state index in [-0.39, 0.29) is 6.10 Å². The smallest absolute Gasteiger partial charge is 0.145 e. The first-order chi connectivity index (χ1) is 9.95. The van der Waals surface area contributed by atoms with Crippen LogP contribution in [0.1, 0.15) is 18.1 Å². The molecule has 0 amide bonds. The maximum absolute atomic E-state index is 5.82. The topological polar surface area (TPSA) is 44.5 Å². The number of hydrogen-bond acceptors (Lipinski definition) is 3. The summed E-state index contributed by atoms with van der Waals surface area (Å²) in [5, 5.41) is 0. The van der Waals surface area contributed by atoms with Crippen molar-refractivity contribution in [2.75, 3.05) is 0 Å². The summed E-state index contributed by atoms with van der Waals surface area (Å²) in [6, 6.07) is 13.4. The van der Waals surface area contributed by atoms with Crippen LogP contribution in [-0.4, -0.2) is 11.1 Å². The number of benzene rings is 2. The molecule has 0 bridgehead atoms. The minimum absolute atomic E-state index is 0.286. The molecule has 4 heteroatoms. The molecule has 0 aliphatic carbocycles. The molecule has 0 spiro atoms. The van der Waals surface area contributed by atoms with E-state index in [1.54, 1.807) is 0 Å². The van der Waals surface area contributed by atoms with Crippen LogP contribution < -0.4 is 15.2 Å². The Labute approximate surface area is 130 Å². The van der Waals surface area contributed by atoms with Gasteiger partial charge in [-0.3, -0.25) is 0 Å². The van der Waals surface area contributed by atoms with Crippen LogP contribution in [-0.2, 0) is 0 Å². The molecule has 2 rings (SSSR count). The van der Waals surface area contributed by atoms with E-state index in [1.165, 1.54) is 11.1 Å². The van der Waals surface area contributed by atoms with E-state index in [1.807, 2.05) is 49.4 Å². The molecule has 3 nitrogen and oxygen atoms in total. The quantitative estimate of drug-likeness (QED) is 0.843. The SMILES string of the molecule is Cc1ccc(Oc2ccc(OC(C)C(N)=S)cc2)cc1C. The zero-order valence-electron chi connectivity index (χ0n) is 12.4. The van der Waals surface area contributed by atoms with Gasteiger partial charge in [-0.15, -0.1) is 0 Å². The molecule has 2 N–H and O–H groups in total. The molecule has 1 unspecified atom stereocenters. The first-order valence-corrected chi connectivity index (χ1v) is 7.17.